The number of methoxy groups -OCH3 is 1. The van der Waals surface area contributed by atoms with Gasteiger partial charge in [0.15, 0.2) is 5.41 Å². The second-order valence-electron chi connectivity index (χ2n) is 4.01. The Labute approximate surface area is 96.4 Å². The van der Waals surface area contributed by atoms with Crippen LogP contribution in [0, 0.1) is 11.3 Å². The molecular formula is C10H11NO6. The Morgan fingerprint density at radius 2 is 2.18 bits per heavy atom. The first-order chi connectivity index (χ1) is 8.02. The maximum absolute atomic E-state index is 11.8. The predicted octanol–water partition coefficient (Wildman–Crippen LogP) is -1.24. The Bertz CT molecular complexity index is 417. The van der Waals surface area contributed by atoms with Crippen molar-refractivity contribution >= 4 is 23.8 Å². The second kappa shape index (κ2) is 3.83. The second-order valence-corrected chi connectivity index (χ2v) is 4.01. The fraction of sp³-hybridized carbons (Fsp3) is 0.600. The first-order valence-electron chi connectivity index (χ1n) is 5.11. The Hall–Kier alpha value is -1.92. The lowest BCUT2D eigenvalue weighted by molar-refractivity contribution is -0.170. The summed E-state index contributed by atoms with van der Waals surface area (Å²) >= 11 is 0. The number of hydrogen-bond donors (Lipinski definition) is 1. The fourth-order valence-electron chi connectivity index (χ4n) is 2.29. The minimum atomic E-state index is -1.60. The molecule has 92 valence electrons. The molecule has 0 saturated carbocycles. The number of nitrogens with one attached hydrogen (secondary N) is 1. The lowest BCUT2D eigenvalue weighted by atomic mass is 9.69. The molecule has 2 aliphatic heterocycles. The molecule has 0 radical (unpaired) electrons. The smallest absolute Gasteiger partial charge is 0.322 e. The number of carbonyl (C=O) groups excluding carboxylic acids is 4. The highest BCUT2D eigenvalue weighted by Crippen LogP contribution is 2.42. The highest BCUT2D eigenvalue weighted by atomic mass is 16.5. The van der Waals surface area contributed by atoms with E-state index >= 15 is 0 Å². The molecule has 1 spiro atoms. The third-order valence-electron chi connectivity index (χ3n) is 3.22. The summed E-state index contributed by atoms with van der Waals surface area (Å²) in [5.41, 5.74) is -1.60. The van der Waals surface area contributed by atoms with E-state index < -0.39 is 35.1 Å². The lowest BCUT2D eigenvalue weighted by Gasteiger charge is -2.33. The molecule has 2 aliphatic rings. The molecular weight excluding hydrogens is 230 g/mol. The van der Waals surface area contributed by atoms with Crippen LogP contribution >= 0.6 is 0 Å². The molecule has 2 fully saturated rings. The molecule has 2 atom stereocenters. The van der Waals surface area contributed by atoms with Crippen molar-refractivity contribution in [3.63, 3.8) is 0 Å². The molecule has 0 aromatic rings. The molecule has 17 heavy (non-hydrogen) atoms. The summed E-state index contributed by atoms with van der Waals surface area (Å²) in [7, 11) is 1.15. The highest BCUT2D eigenvalue weighted by molar-refractivity contribution is 6.15. The van der Waals surface area contributed by atoms with Crippen LogP contribution in [-0.4, -0.2) is 37.5 Å². The first-order valence-corrected chi connectivity index (χ1v) is 5.11. The summed E-state index contributed by atoms with van der Waals surface area (Å²) < 4.78 is 9.30. The van der Waals surface area contributed by atoms with E-state index in [4.69, 9.17) is 4.74 Å². The third-order valence-corrected chi connectivity index (χ3v) is 3.22. The van der Waals surface area contributed by atoms with Gasteiger partial charge >= 0.3 is 11.9 Å². The Morgan fingerprint density at radius 3 is 2.71 bits per heavy atom. The Morgan fingerprint density at radius 1 is 1.47 bits per heavy atom. The zero-order valence-corrected chi connectivity index (χ0v) is 9.15. The molecule has 2 heterocycles. The Balaban J connectivity index is 2.43. The number of piperidine rings is 1. The quantitative estimate of drug-likeness (QED) is 0.350. The van der Waals surface area contributed by atoms with Crippen molar-refractivity contribution in [2.45, 2.75) is 12.8 Å². The predicted molar refractivity (Wildman–Crippen MR) is 51.3 cm³/mol. The fourth-order valence-corrected chi connectivity index (χ4v) is 2.29. The van der Waals surface area contributed by atoms with Gasteiger partial charge in [-0.3, -0.25) is 24.5 Å². The molecule has 0 aromatic heterocycles. The molecule has 0 aromatic carbocycles. The molecule has 7 heteroatoms. The van der Waals surface area contributed by atoms with Crippen LogP contribution in [0.1, 0.15) is 12.8 Å². The van der Waals surface area contributed by atoms with E-state index in [1.165, 1.54) is 0 Å². The molecule has 2 amide bonds. The van der Waals surface area contributed by atoms with E-state index in [1.54, 1.807) is 0 Å². The average molecular weight is 241 g/mol. The maximum Gasteiger partial charge on any atom is 0.322 e. The van der Waals surface area contributed by atoms with Gasteiger partial charge in [-0.05, 0) is 0 Å². The van der Waals surface area contributed by atoms with Crippen molar-refractivity contribution in [3.8, 4) is 0 Å². The van der Waals surface area contributed by atoms with Crippen molar-refractivity contribution in [2.75, 3.05) is 13.7 Å². The number of imide groups is 1. The van der Waals surface area contributed by atoms with Crippen LogP contribution < -0.4 is 5.32 Å². The zero-order chi connectivity index (χ0) is 12.6. The maximum atomic E-state index is 11.8. The number of carbonyl (C=O) groups is 4. The van der Waals surface area contributed by atoms with Gasteiger partial charge in [0.2, 0.25) is 11.8 Å². The van der Waals surface area contributed by atoms with Crippen LogP contribution in [0.15, 0.2) is 0 Å². The molecule has 2 rings (SSSR count). The van der Waals surface area contributed by atoms with E-state index in [2.05, 4.69) is 10.1 Å². The number of hydrogen-bond acceptors (Lipinski definition) is 6. The van der Waals surface area contributed by atoms with Gasteiger partial charge in [0.05, 0.1) is 19.6 Å². The van der Waals surface area contributed by atoms with Crippen molar-refractivity contribution in [3.05, 3.63) is 0 Å². The van der Waals surface area contributed by atoms with Crippen LogP contribution in [0.2, 0.25) is 0 Å². The number of esters is 2. The van der Waals surface area contributed by atoms with Gasteiger partial charge in [0, 0.05) is 12.8 Å². The minimum Gasteiger partial charge on any atom is -0.469 e. The van der Waals surface area contributed by atoms with Gasteiger partial charge in [-0.2, -0.15) is 0 Å². The highest BCUT2D eigenvalue weighted by Gasteiger charge is 2.62. The Kier molecular flexibility index (Phi) is 2.60. The average Bonchev–Trinajstić information content (AvgIpc) is 2.66. The van der Waals surface area contributed by atoms with Gasteiger partial charge in [0.1, 0.15) is 0 Å². The summed E-state index contributed by atoms with van der Waals surface area (Å²) in [5, 5.41) is 2.06. The number of ether oxygens (including phenoxy) is 2. The minimum absolute atomic E-state index is 0.0634. The summed E-state index contributed by atoms with van der Waals surface area (Å²) in [5.74, 6) is -3.96. The van der Waals surface area contributed by atoms with Crippen LogP contribution in [0.25, 0.3) is 0 Å². The first kappa shape index (κ1) is 11.6. The molecule has 0 bridgehead atoms. The van der Waals surface area contributed by atoms with Gasteiger partial charge in [-0.1, -0.05) is 0 Å². The molecule has 2 saturated heterocycles. The van der Waals surface area contributed by atoms with Gasteiger partial charge < -0.3 is 9.47 Å². The zero-order valence-electron chi connectivity index (χ0n) is 9.15. The summed E-state index contributed by atoms with van der Waals surface area (Å²) in [6.45, 7) is 0.0634. The van der Waals surface area contributed by atoms with E-state index in [0.29, 0.717) is 0 Å². The van der Waals surface area contributed by atoms with Gasteiger partial charge in [0.25, 0.3) is 0 Å². The monoisotopic (exact) mass is 241 g/mol. The molecule has 1 N–H and O–H groups in total. The van der Waals surface area contributed by atoms with E-state index in [1.807, 2.05) is 0 Å². The van der Waals surface area contributed by atoms with Crippen LogP contribution in [0.4, 0.5) is 0 Å². The van der Waals surface area contributed by atoms with Gasteiger partial charge in [-0.25, -0.2) is 0 Å². The van der Waals surface area contributed by atoms with Crippen LogP contribution in [-0.2, 0) is 28.7 Å². The number of rotatable bonds is 1. The van der Waals surface area contributed by atoms with Crippen molar-refractivity contribution in [2.24, 2.45) is 11.3 Å². The summed E-state index contributed by atoms with van der Waals surface area (Å²) in [6, 6.07) is 0. The lowest BCUT2D eigenvalue weighted by Crippen LogP contribution is -2.58. The SMILES string of the molecule is COC(=O)[C@@H]1CC(=O)NC(=O)[C@@]12CCOC2=O. The largest absolute Gasteiger partial charge is 0.469 e. The number of amides is 2. The molecule has 7 nitrogen and oxygen atoms in total. The van der Waals surface area contributed by atoms with Crippen LogP contribution in [0.3, 0.4) is 0 Å². The van der Waals surface area contributed by atoms with Crippen molar-refractivity contribution < 1.29 is 28.7 Å². The topological polar surface area (TPSA) is 98.8 Å². The summed E-state index contributed by atoms with van der Waals surface area (Å²) in [6.07, 6.45) is -0.155. The summed E-state index contributed by atoms with van der Waals surface area (Å²) in [4.78, 5) is 46.4. The normalized spacial score (nSPS) is 32.3. The van der Waals surface area contributed by atoms with Crippen LogP contribution in [0.5, 0.6) is 0 Å². The molecule has 0 aliphatic carbocycles. The standard InChI is InChI=1S/C10H11NO6/c1-16-7(13)5-4-6(12)11-8(14)10(5)2-3-17-9(10)15/h5H,2-4H2,1H3,(H,11,12,14)/t5-,10+/m0/s1. The van der Waals surface area contributed by atoms with E-state index in [9.17, 15) is 19.2 Å². The van der Waals surface area contributed by atoms with Crippen molar-refractivity contribution in [1.29, 1.82) is 0 Å². The number of cyclic esters (lactones) is 1. The van der Waals surface area contributed by atoms with E-state index in [-0.39, 0.29) is 19.4 Å². The molecule has 0 unspecified atom stereocenters. The third kappa shape index (κ3) is 1.49. The van der Waals surface area contributed by atoms with Crippen molar-refractivity contribution in [1.82, 2.24) is 5.32 Å². The van der Waals surface area contributed by atoms with Gasteiger partial charge in [-0.15, -0.1) is 0 Å². The van der Waals surface area contributed by atoms with E-state index in [0.717, 1.165) is 7.11 Å².